The van der Waals surface area contributed by atoms with Gasteiger partial charge in [-0.05, 0) is 0 Å². The Kier molecular flexibility index (Phi) is 6.66. The zero-order chi connectivity index (χ0) is 19.6. The van der Waals surface area contributed by atoms with Gasteiger partial charge in [-0.1, -0.05) is 0 Å². The molecular formula is C24H25BrNO2P. The van der Waals surface area contributed by atoms with E-state index in [1.807, 2.05) is 54.6 Å². The molecule has 1 unspecified atom stereocenters. The van der Waals surface area contributed by atoms with Gasteiger partial charge in [-0.25, -0.2) is 0 Å². The molecule has 29 heavy (non-hydrogen) atoms. The average Bonchev–Trinajstić information content (AvgIpc) is 3.13. The topological polar surface area (TPSA) is 37.4 Å². The summed E-state index contributed by atoms with van der Waals surface area (Å²) in [5.41, 5.74) is -0.205. The van der Waals surface area contributed by atoms with E-state index in [2.05, 4.69) is 36.4 Å². The van der Waals surface area contributed by atoms with Gasteiger partial charge in [0.05, 0.1) is 0 Å². The van der Waals surface area contributed by atoms with Crippen LogP contribution in [0.4, 0.5) is 0 Å². The molecule has 0 radical (unpaired) electrons. The second-order valence-corrected chi connectivity index (χ2v) is 11.3. The van der Waals surface area contributed by atoms with Crippen LogP contribution < -0.4 is 15.9 Å². The molecule has 1 aliphatic heterocycles. The summed E-state index contributed by atoms with van der Waals surface area (Å²) in [6.45, 7) is 1.98. The van der Waals surface area contributed by atoms with Crippen molar-refractivity contribution in [1.29, 1.82) is 0 Å². The fourth-order valence-electron chi connectivity index (χ4n) is 4.60. The molecule has 1 heterocycles. The van der Waals surface area contributed by atoms with E-state index in [-0.39, 0.29) is 34.5 Å². The van der Waals surface area contributed by atoms with E-state index in [0.717, 1.165) is 0 Å². The summed E-state index contributed by atoms with van der Waals surface area (Å²) in [7, 11) is -2.68. The van der Waals surface area contributed by atoms with Gasteiger partial charge in [0.15, 0.2) is 0 Å². The number of carbonyl (C=O) groups is 2. The molecule has 1 aliphatic rings. The summed E-state index contributed by atoms with van der Waals surface area (Å²) in [4.78, 5) is 26.9. The Bertz CT molecular complexity index is 883. The van der Waals surface area contributed by atoms with Crippen molar-refractivity contribution >= 4 is 52.0 Å². The third-order valence-corrected chi connectivity index (χ3v) is 11.1. The number of likely N-dealkylation sites (tertiary alicyclic amines) is 1. The van der Waals surface area contributed by atoms with Crippen LogP contribution in [0.15, 0.2) is 91.0 Å². The molecule has 0 aliphatic carbocycles. The van der Waals surface area contributed by atoms with Gasteiger partial charge in [0.25, 0.3) is 0 Å². The molecule has 5 heteroatoms. The first-order valence-electron chi connectivity index (χ1n) is 9.64. The van der Waals surface area contributed by atoms with E-state index >= 15 is 0 Å². The maximum atomic E-state index is 13.5. The molecule has 1 atom stereocenters. The van der Waals surface area contributed by atoms with E-state index in [1.165, 1.54) is 27.7 Å². The van der Waals surface area contributed by atoms with E-state index < -0.39 is 7.26 Å². The minimum absolute atomic E-state index is 0. The molecule has 0 N–H and O–H groups in total. The van der Waals surface area contributed by atoms with Gasteiger partial charge < -0.3 is 0 Å². The Morgan fingerprint density at radius 3 is 1.48 bits per heavy atom. The van der Waals surface area contributed by atoms with Gasteiger partial charge >= 0.3 is 166 Å². The predicted octanol–water partition coefficient (Wildman–Crippen LogP) is 3.44. The number of amides is 2. The van der Waals surface area contributed by atoms with Gasteiger partial charge in [0, 0.05) is 0 Å². The second kappa shape index (κ2) is 9.02. The fraction of sp³-hybridized carbons (Fsp3) is 0.167. The van der Waals surface area contributed by atoms with Crippen molar-refractivity contribution < 1.29 is 9.59 Å². The first-order chi connectivity index (χ1) is 13.7. The predicted molar refractivity (Wildman–Crippen MR) is 128 cm³/mol. The number of halogens is 1. The Morgan fingerprint density at radius 2 is 1.17 bits per heavy atom. The van der Waals surface area contributed by atoms with Crippen LogP contribution in [0.2, 0.25) is 0 Å². The molecule has 3 aromatic rings. The van der Waals surface area contributed by atoms with Gasteiger partial charge in [0.2, 0.25) is 0 Å². The third kappa shape index (κ3) is 3.68. The first-order valence-corrected chi connectivity index (χ1v) is 11.7. The Hall–Kier alpha value is -2.29. The number of rotatable bonds is 4. The molecule has 2 amide bonds. The van der Waals surface area contributed by atoms with Crippen LogP contribution in [0, 0.1) is 0 Å². The van der Waals surface area contributed by atoms with Crippen molar-refractivity contribution in [2.45, 2.75) is 19.0 Å². The second-order valence-electron chi connectivity index (χ2n) is 7.26. The summed E-state index contributed by atoms with van der Waals surface area (Å²) >= 11 is 0. The third-order valence-electron chi connectivity index (χ3n) is 5.80. The van der Waals surface area contributed by atoms with Crippen LogP contribution in [0.3, 0.4) is 0 Å². The molecule has 0 aromatic heterocycles. The summed E-state index contributed by atoms with van der Waals surface area (Å²) in [6, 6.07) is 31.2. The molecule has 0 spiro atoms. The van der Waals surface area contributed by atoms with Crippen LogP contribution in [0.5, 0.6) is 0 Å². The summed E-state index contributed by atoms with van der Waals surface area (Å²) in [6.07, 6.45) is 0.698. The van der Waals surface area contributed by atoms with E-state index in [0.29, 0.717) is 13.0 Å². The van der Waals surface area contributed by atoms with Crippen LogP contribution in [-0.4, -0.2) is 28.9 Å². The normalized spacial score (nSPS) is 16.9. The van der Waals surface area contributed by atoms with Crippen LogP contribution in [0.1, 0.15) is 13.3 Å². The number of imide groups is 1. The van der Waals surface area contributed by atoms with Crippen molar-refractivity contribution in [2.75, 3.05) is 6.54 Å². The Morgan fingerprint density at radius 1 is 0.793 bits per heavy atom. The molecular weight excluding hydrogens is 445 g/mol. The quantitative estimate of drug-likeness (QED) is 0.548. The van der Waals surface area contributed by atoms with Crippen LogP contribution in [-0.2, 0) is 9.59 Å². The van der Waals surface area contributed by atoms with E-state index in [4.69, 9.17) is 0 Å². The van der Waals surface area contributed by atoms with E-state index in [9.17, 15) is 9.59 Å². The molecule has 0 saturated carbocycles. The fourth-order valence-corrected chi connectivity index (χ4v) is 10.1. The SMILES string of the molecule is Br.CC(=O)N1CCC([PH](c2ccccc2)(c2ccccc2)c2ccccc2)C1=O. The summed E-state index contributed by atoms with van der Waals surface area (Å²) in [5.74, 6) is -0.194. The van der Waals surface area contributed by atoms with Crippen molar-refractivity contribution in [1.82, 2.24) is 4.90 Å². The minimum atomic E-state index is -2.68. The Labute approximate surface area is 182 Å². The number of nitrogens with zero attached hydrogens (tertiary/aromatic N) is 1. The molecule has 3 aromatic carbocycles. The zero-order valence-corrected chi connectivity index (χ0v) is 19.0. The van der Waals surface area contributed by atoms with Crippen molar-refractivity contribution in [3.05, 3.63) is 91.0 Å². The standard InChI is InChI=1S/C24H24NO2P.BrH/c1-19(26)25-18-17-23(24(25)27)28(20-11-5-2-6-12-20,21-13-7-3-8-14-21)22-15-9-4-10-16-22;/h2-16,23,28H,17-18H2,1H3;1H. The van der Waals surface area contributed by atoms with E-state index in [1.54, 1.807) is 0 Å². The zero-order valence-electron chi connectivity index (χ0n) is 16.3. The number of carbonyl (C=O) groups excluding carboxylic acids is 2. The van der Waals surface area contributed by atoms with Crippen molar-refractivity contribution in [2.24, 2.45) is 0 Å². The molecule has 0 bridgehead atoms. The number of benzene rings is 3. The maximum absolute atomic E-state index is 13.5. The average molecular weight is 470 g/mol. The molecule has 1 saturated heterocycles. The van der Waals surface area contributed by atoms with Gasteiger partial charge in [-0.2, -0.15) is 0 Å². The molecule has 1 fully saturated rings. The van der Waals surface area contributed by atoms with Crippen LogP contribution >= 0.6 is 24.2 Å². The van der Waals surface area contributed by atoms with Crippen molar-refractivity contribution in [3.8, 4) is 0 Å². The van der Waals surface area contributed by atoms with Gasteiger partial charge in [-0.3, -0.25) is 0 Å². The number of hydrogen-bond donors (Lipinski definition) is 0. The van der Waals surface area contributed by atoms with Crippen molar-refractivity contribution in [3.63, 3.8) is 0 Å². The molecule has 150 valence electrons. The Balaban J connectivity index is 0.00000240. The van der Waals surface area contributed by atoms with Gasteiger partial charge in [-0.15, -0.1) is 17.0 Å². The van der Waals surface area contributed by atoms with Crippen LogP contribution in [0.25, 0.3) is 0 Å². The number of hydrogen-bond acceptors (Lipinski definition) is 2. The van der Waals surface area contributed by atoms with Gasteiger partial charge in [0.1, 0.15) is 0 Å². The summed E-state index contributed by atoms with van der Waals surface area (Å²) < 4.78 is 0. The molecule has 3 nitrogen and oxygen atoms in total. The monoisotopic (exact) mass is 469 g/mol. The summed E-state index contributed by atoms with van der Waals surface area (Å²) in [5, 5.41) is 3.61. The first kappa shape index (κ1) is 21.4. The molecule has 4 rings (SSSR count).